The van der Waals surface area contributed by atoms with Crippen LogP contribution in [-0.2, 0) is 11.4 Å². The van der Waals surface area contributed by atoms with Gasteiger partial charge in [-0.25, -0.2) is 4.68 Å². The number of ether oxygens (including phenoxy) is 2. The van der Waals surface area contributed by atoms with E-state index in [4.69, 9.17) is 9.47 Å². The van der Waals surface area contributed by atoms with Crippen molar-refractivity contribution in [2.45, 2.75) is 19.1 Å². The van der Waals surface area contributed by atoms with Gasteiger partial charge < -0.3 is 9.47 Å². The minimum atomic E-state index is -0.282. The lowest BCUT2D eigenvalue weighted by Crippen LogP contribution is -2.29. The van der Waals surface area contributed by atoms with E-state index in [9.17, 15) is 4.79 Å². The van der Waals surface area contributed by atoms with E-state index >= 15 is 0 Å². The molecule has 1 atom stereocenters. The molecule has 9 heteroatoms. The summed E-state index contributed by atoms with van der Waals surface area (Å²) in [6, 6.07) is 11.4. The number of hydrogen-bond acceptors (Lipinski definition) is 5. The van der Waals surface area contributed by atoms with Crippen LogP contribution in [-0.4, -0.2) is 27.8 Å². The van der Waals surface area contributed by atoms with Crippen LogP contribution < -0.4 is 14.8 Å². The number of nitrogens with one attached hydrogen (secondary N) is 1. The summed E-state index contributed by atoms with van der Waals surface area (Å²) in [7, 11) is 1.59. The highest BCUT2D eigenvalue weighted by Crippen LogP contribution is 2.40. The third-order valence-corrected chi connectivity index (χ3v) is 5.66. The summed E-state index contributed by atoms with van der Waals surface area (Å²) in [5, 5.41) is 6.96. The largest absolute Gasteiger partial charge is 0.493 e. The normalized spacial score (nSPS) is 15.7. The van der Waals surface area contributed by atoms with Gasteiger partial charge in [0.25, 0.3) is 0 Å². The Balaban J connectivity index is 1.63. The molecule has 0 aliphatic carbocycles. The third kappa shape index (κ3) is 3.77. The number of fused-ring (bicyclic) bond motifs is 1. The fraction of sp³-hybridized carbons (Fsp3) is 0.211. The van der Waals surface area contributed by atoms with Gasteiger partial charge >= 0.3 is 0 Å². The molecule has 2 aromatic carbocycles. The molecule has 1 aliphatic rings. The molecule has 4 rings (SSSR count). The summed E-state index contributed by atoms with van der Waals surface area (Å²) < 4.78 is 15.0. The Kier molecular flexibility index (Phi) is 5.36. The van der Waals surface area contributed by atoms with Gasteiger partial charge in [-0.1, -0.05) is 44.0 Å². The van der Waals surface area contributed by atoms with E-state index in [1.54, 1.807) is 11.8 Å². The van der Waals surface area contributed by atoms with Crippen LogP contribution in [0.3, 0.4) is 0 Å². The number of aromatic nitrogens is 3. The standard InChI is InChI=1S/C19H16Br2N4O3/c1-27-16-6-13(15-8-18(26)24-19-22-10-23-25(15)19)14(21)7-17(16)28-9-11-2-4-12(20)5-3-11/h2-7,10,15H,8-9H2,1H3,(H,22,23,24,26)/t15-/m0/s1. The van der Waals surface area contributed by atoms with E-state index in [1.807, 2.05) is 36.4 Å². The van der Waals surface area contributed by atoms with Crippen LogP contribution >= 0.6 is 31.9 Å². The Labute approximate surface area is 178 Å². The molecular formula is C19H16Br2N4O3. The predicted molar refractivity (Wildman–Crippen MR) is 111 cm³/mol. The molecular weight excluding hydrogens is 492 g/mol. The van der Waals surface area contributed by atoms with E-state index < -0.39 is 0 Å². The zero-order valence-corrected chi connectivity index (χ0v) is 18.0. The number of rotatable bonds is 5. The summed E-state index contributed by atoms with van der Waals surface area (Å²) in [5.41, 5.74) is 1.91. The maximum Gasteiger partial charge on any atom is 0.229 e. The maximum atomic E-state index is 12.1. The van der Waals surface area contributed by atoms with Crippen LogP contribution in [0.5, 0.6) is 11.5 Å². The molecule has 0 unspecified atom stereocenters. The second-order valence-corrected chi connectivity index (χ2v) is 8.01. The number of anilines is 1. The van der Waals surface area contributed by atoms with Crippen LogP contribution in [0.2, 0.25) is 0 Å². The number of carbonyl (C=O) groups excluding carboxylic acids is 1. The first-order valence-electron chi connectivity index (χ1n) is 8.49. The molecule has 28 heavy (non-hydrogen) atoms. The van der Waals surface area contributed by atoms with Crippen molar-refractivity contribution in [3.63, 3.8) is 0 Å². The molecule has 3 aromatic rings. The SMILES string of the molecule is COc1cc([C@@H]2CC(=O)Nc3ncnn32)c(Br)cc1OCc1ccc(Br)cc1. The number of methoxy groups -OCH3 is 1. The lowest BCUT2D eigenvalue weighted by molar-refractivity contribution is -0.117. The van der Waals surface area contributed by atoms with Gasteiger partial charge in [0, 0.05) is 8.95 Å². The van der Waals surface area contributed by atoms with Gasteiger partial charge in [0.1, 0.15) is 12.9 Å². The first-order chi connectivity index (χ1) is 13.5. The molecule has 2 heterocycles. The zero-order valence-electron chi connectivity index (χ0n) is 14.9. The van der Waals surface area contributed by atoms with Crippen molar-refractivity contribution in [2.24, 2.45) is 0 Å². The van der Waals surface area contributed by atoms with E-state index in [0.29, 0.717) is 24.1 Å². The highest BCUT2D eigenvalue weighted by Gasteiger charge is 2.30. The number of benzene rings is 2. The molecule has 1 amide bonds. The number of halogens is 2. The monoisotopic (exact) mass is 506 g/mol. The lowest BCUT2D eigenvalue weighted by atomic mass is 10.0. The average molecular weight is 508 g/mol. The smallest absolute Gasteiger partial charge is 0.229 e. The van der Waals surface area contributed by atoms with Crippen molar-refractivity contribution < 1.29 is 14.3 Å². The Bertz CT molecular complexity index is 1020. The van der Waals surface area contributed by atoms with Crippen LogP contribution in [0.4, 0.5) is 5.95 Å². The molecule has 144 valence electrons. The van der Waals surface area contributed by atoms with Crippen molar-refractivity contribution >= 4 is 43.7 Å². The van der Waals surface area contributed by atoms with Gasteiger partial charge in [-0.05, 0) is 35.4 Å². The van der Waals surface area contributed by atoms with Crippen LogP contribution in [0.1, 0.15) is 23.6 Å². The second kappa shape index (κ2) is 7.92. The fourth-order valence-corrected chi connectivity index (χ4v) is 3.92. The molecule has 1 N–H and O–H groups in total. The number of carbonyl (C=O) groups is 1. The molecule has 0 saturated heterocycles. The van der Waals surface area contributed by atoms with Gasteiger partial charge in [0.15, 0.2) is 11.5 Å². The summed E-state index contributed by atoms with van der Waals surface area (Å²) in [6.45, 7) is 0.411. The van der Waals surface area contributed by atoms with Crippen molar-refractivity contribution in [1.29, 1.82) is 0 Å². The average Bonchev–Trinajstić information content (AvgIpc) is 3.15. The Hall–Kier alpha value is -2.39. The molecule has 1 aliphatic heterocycles. The number of hydrogen-bond donors (Lipinski definition) is 1. The Morgan fingerprint density at radius 1 is 1.21 bits per heavy atom. The highest BCUT2D eigenvalue weighted by molar-refractivity contribution is 9.10. The van der Waals surface area contributed by atoms with Gasteiger partial charge in [-0.15, -0.1) is 0 Å². The molecule has 0 spiro atoms. The van der Waals surface area contributed by atoms with E-state index in [0.717, 1.165) is 20.1 Å². The Morgan fingerprint density at radius 3 is 2.75 bits per heavy atom. The zero-order chi connectivity index (χ0) is 19.7. The molecule has 0 fully saturated rings. The topological polar surface area (TPSA) is 78.3 Å². The summed E-state index contributed by atoms with van der Waals surface area (Å²) in [6.07, 6.45) is 1.69. The first kappa shape index (κ1) is 18.9. The van der Waals surface area contributed by atoms with Crippen molar-refractivity contribution in [2.75, 3.05) is 12.4 Å². The predicted octanol–water partition coefficient (Wildman–Crippen LogP) is 4.32. The van der Waals surface area contributed by atoms with Crippen molar-refractivity contribution in [3.8, 4) is 11.5 Å². The number of nitrogens with zero attached hydrogens (tertiary/aromatic N) is 3. The summed E-state index contributed by atoms with van der Waals surface area (Å²) >= 11 is 7.03. The van der Waals surface area contributed by atoms with Gasteiger partial charge in [-0.3, -0.25) is 10.1 Å². The lowest BCUT2D eigenvalue weighted by Gasteiger charge is -2.25. The van der Waals surface area contributed by atoms with Gasteiger partial charge in [0.2, 0.25) is 11.9 Å². The van der Waals surface area contributed by atoms with Gasteiger partial charge in [0.05, 0.1) is 19.6 Å². The van der Waals surface area contributed by atoms with Crippen molar-refractivity contribution in [1.82, 2.24) is 14.8 Å². The van der Waals surface area contributed by atoms with E-state index in [-0.39, 0.29) is 18.4 Å². The molecule has 7 nitrogen and oxygen atoms in total. The molecule has 0 saturated carbocycles. The van der Waals surface area contributed by atoms with Gasteiger partial charge in [-0.2, -0.15) is 10.1 Å². The van der Waals surface area contributed by atoms with Crippen molar-refractivity contribution in [3.05, 3.63) is 62.8 Å². The first-order valence-corrected chi connectivity index (χ1v) is 10.1. The number of amides is 1. The van der Waals surface area contributed by atoms with E-state index in [1.165, 1.54) is 6.33 Å². The molecule has 1 aromatic heterocycles. The summed E-state index contributed by atoms with van der Waals surface area (Å²) in [5.74, 6) is 1.53. The molecule has 0 bridgehead atoms. The maximum absolute atomic E-state index is 12.1. The third-order valence-electron chi connectivity index (χ3n) is 4.45. The minimum Gasteiger partial charge on any atom is -0.493 e. The second-order valence-electron chi connectivity index (χ2n) is 6.24. The Morgan fingerprint density at radius 2 is 2.00 bits per heavy atom. The molecule has 0 radical (unpaired) electrons. The quantitative estimate of drug-likeness (QED) is 0.556. The van der Waals surface area contributed by atoms with Crippen LogP contribution in [0, 0.1) is 0 Å². The van der Waals surface area contributed by atoms with Crippen LogP contribution in [0.15, 0.2) is 51.7 Å². The highest BCUT2D eigenvalue weighted by atomic mass is 79.9. The van der Waals surface area contributed by atoms with Crippen LogP contribution in [0.25, 0.3) is 0 Å². The minimum absolute atomic E-state index is 0.105. The van der Waals surface area contributed by atoms with E-state index in [2.05, 4.69) is 47.3 Å². The fourth-order valence-electron chi connectivity index (χ4n) is 3.07. The summed E-state index contributed by atoms with van der Waals surface area (Å²) in [4.78, 5) is 16.1.